The Morgan fingerprint density at radius 1 is 1.19 bits per heavy atom. The molecule has 2 N–H and O–H groups in total. The molecule has 0 radical (unpaired) electrons. The van der Waals surface area contributed by atoms with Gasteiger partial charge in [0, 0.05) is 17.8 Å². The SMILES string of the molecule is O=C1C(O)=CC(=c2nnc(=C3C=C(C(F)(F)F)C=CN3O)o2)C=C1[N+](=O)[O-]. The van der Waals surface area contributed by atoms with E-state index >= 15 is 0 Å². The van der Waals surface area contributed by atoms with E-state index in [0.29, 0.717) is 23.4 Å². The Balaban J connectivity index is 2.20. The van der Waals surface area contributed by atoms with E-state index in [2.05, 4.69) is 10.2 Å². The number of carbonyl (C=O) groups excluding carboxylic acids is 1. The highest BCUT2D eigenvalue weighted by Crippen LogP contribution is 2.30. The maximum atomic E-state index is 12.8. The molecule has 2 heterocycles. The summed E-state index contributed by atoms with van der Waals surface area (Å²) < 4.78 is 43.6. The van der Waals surface area contributed by atoms with Crippen LogP contribution in [-0.4, -0.2) is 42.5 Å². The quantitative estimate of drug-likeness (QED) is 0.513. The molecule has 10 nitrogen and oxygen atoms in total. The lowest BCUT2D eigenvalue weighted by molar-refractivity contribution is -0.418. The second kappa shape index (κ2) is 6.21. The van der Waals surface area contributed by atoms with E-state index in [-0.39, 0.29) is 5.57 Å². The van der Waals surface area contributed by atoms with Gasteiger partial charge in [0.2, 0.25) is 5.55 Å². The van der Waals surface area contributed by atoms with E-state index in [9.17, 15) is 38.4 Å². The van der Waals surface area contributed by atoms with Crippen molar-refractivity contribution in [3.05, 3.63) is 68.7 Å². The van der Waals surface area contributed by atoms with E-state index < -0.39 is 50.7 Å². The molecule has 1 aromatic rings. The van der Waals surface area contributed by atoms with E-state index in [1.54, 1.807) is 0 Å². The largest absolute Gasteiger partial charge is 0.504 e. The van der Waals surface area contributed by atoms with Crippen molar-refractivity contribution < 1.29 is 37.6 Å². The minimum absolute atomic E-state index is 0.214. The molecule has 0 fully saturated rings. The lowest BCUT2D eigenvalue weighted by Crippen LogP contribution is -2.24. The number of allylic oxidation sites excluding steroid dienone is 4. The second-order valence-electron chi connectivity index (χ2n) is 5.16. The molecule has 0 atom stereocenters. The first kappa shape index (κ1) is 18.1. The number of alkyl halides is 3. The summed E-state index contributed by atoms with van der Waals surface area (Å²) in [7, 11) is 0. The number of nitro groups is 1. The van der Waals surface area contributed by atoms with Crippen LogP contribution in [0.4, 0.5) is 13.2 Å². The van der Waals surface area contributed by atoms with E-state index in [1.807, 2.05) is 0 Å². The number of hydroxylamine groups is 2. The molecule has 0 bridgehead atoms. The number of ketones is 1. The average molecular weight is 384 g/mol. The van der Waals surface area contributed by atoms with E-state index in [1.165, 1.54) is 0 Å². The highest BCUT2D eigenvalue weighted by atomic mass is 19.4. The molecule has 2 aliphatic rings. The molecular weight excluding hydrogens is 377 g/mol. The van der Waals surface area contributed by atoms with Gasteiger partial charge in [0.25, 0.3) is 11.3 Å². The Hall–Kier alpha value is -3.74. The number of aliphatic hydroxyl groups excluding tert-OH is 1. The summed E-state index contributed by atoms with van der Waals surface area (Å²) in [6.07, 6.45) is -1.22. The summed E-state index contributed by atoms with van der Waals surface area (Å²) in [4.78, 5) is 21.3. The summed E-state index contributed by atoms with van der Waals surface area (Å²) >= 11 is 0. The first-order valence-electron chi connectivity index (χ1n) is 6.92. The Kier molecular flexibility index (Phi) is 4.15. The number of halogens is 3. The topological polar surface area (TPSA) is 143 Å². The molecule has 0 saturated heterocycles. The van der Waals surface area contributed by atoms with E-state index in [0.717, 1.165) is 12.2 Å². The number of aliphatic hydroxyl groups is 1. The van der Waals surface area contributed by atoms with E-state index in [4.69, 9.17) is 4.42 Å². The Morgan fingerprint density at radius 2 is 1.85 bits per heavy atom. The standard InChI is InChI=1S/C14H7F3N4O6/c15-14(16,17)7-1-2-20(24)9(5-7)13-19-18-12(27-13)6-3-8(21(25)26)11(23)10(22)4-6/h1-5,22,24H. The van der Waals surface area contributed by atoms with Gasteiger partial charge in [0.05, 0.1) is 10.5 Å². The second-order valence-corrected chi connectivity index (χ2v) is 5.16. The molecule has 0 saturated carbocycles. The van der Waals surface area contributed by atoms with Gasteiger partial charge >= 0.3 is 11.9 Å². The molecule has 1 aliphatic heterocycles. The zero-order valence-corrected chi connectivity index (χ0v) is 12.8. The van der Waals surface area contributed by atoms with Crippen LogP contribution in [0.2, 0.25) is 0 Å². The van der Waals surface area contributed by atoms with Crippen LogP contribution in [0.1, 0.15) is 0 Å². The number of Topliss-reactive ketones (excluding diaryl/α,β-unsaturated/α-hetero) is 1. The lowest BCUT2D eigenvalue weighted by Gasteiger charge is -2.18. The Morgan fingerprint density at radius 3 is 2.48 bits per heavy atom. The third kappa shape index (κ3) is 3.35. The molecule has 3 rings (SSSR count). The third-order valence-electron chi connectivity index (χ3n) is 3.40. The van der Waals surface area contributed by atoms with Gasteiger partial charge in [-0.3, -0.25) is 20.1 Å². The molecular formula is C14H7F3N4O6. The molecule has 0 amide bonds. The summed E-state index contributed by atoms with van der Waals surface area (Å²) in [6, 6.07) is 0. The Bertz CT molecular complexity index is 1090. The van der Waals surface area contributed by atoms with Crippen molar-refractivity contribution in [2.45, 2.75) is 6.18 Å². The van der Waals surface area contributed by atoms with Crippen LogP contribution in [-0.2, 0) is 4.79 Å². The summed E-state index contributed by atoms with van der Waals surface area (Å²) in [5, 5.41) is 37.3. The maximum Gasteiger partial charge on any atom is 0.416 e. The smallest absolute Gasteiger partial charge is 0.416 e. The first-order valence-corrected chi connectivity index (χ1v) is 6.92. The van der Waals surface area contributed by atoms with Gasteiger partial charge in [-0.25, -0.2) is 5.06 Å². The van der Waals surface area contributed by atoms with Gasteiger partial charge in [0.1, 0.15) is 5.70 Å². The molecule has 0 spiro atoms. The normalized spacial score (nSPS) is 21.7. The molecule has 140 valence electrons. The van der Waals surface area contributed by atoms with Gasteiger partial charge in [0.15, 0.2) is 5.76 Å². The summed E-state index contributed by atoms with van der Waals surface area (Å²) in [5.41, 5.74) is -3.72. The fourth-order valence-electron chi connectivity index (χ4n) is 2.13. The van der Waals surface area contributed by atoms with Crippen LogP contribution in [0.3, 0.4) is 0 Å². The predicted molar refractivity (Wildman–Crippen MR) is 78.1 cm³/mol. The van der Waals surface area contributed by atoms with Crippen molar-refractivity contribution in [1.29, 1.82) is 0 Å². The van der Waals surface area contributed by atoms with Crippen LogP contribution in [0.15, 0.2) is 52.0 Å². The number of rotatable bonds is 1. The molecule has 13 heteroatoms. The molecule has 0 aromatic carbocycles. The van der Waals surface area contributed by atoms with Crippen LogP contribution < -0.4 is 11.1 Å². The van der Waals surface area contributed by atoms with Crippen molar-refractivity contribution in [1.82, 2.24) is 15.3 Å². The van der Waals surface area contributed by atoms with Gasteiger partial charge in [-0.1, -0.05) is 0 Å². The summed E-state index contributed by atoms with van der Waals surface area (Å²) in [6.45, 7) is 0. The zero-order chi connectivity index (χ0) is 19.9. The van der Waals surface area contributed by atoms with Gasteiger partial charge < -0.3 is 9.52 Å². The third-order valence-corrected chi connectivity index (χ3v) is 3.40. The lowest BCUT2D eigenvalue weighted by atomic mass is 10.1. The van der Waals surface area contributed by atoms with Crippen LogP contribution in [0.5, 0.6) is 0 Å². The highest BCUT2D eigenvalue weighted by Gasteiger charge is 2.34. The van der Waals surface area contributed by atoms with Crippen molar-refractivity contribution in [3.63, 3.8) is 0 Å². The summed E-state index contributed by atoms with van der Waals surface area (Å²) in [5.74, 6) is -2.18. The number of hydrogen-bond donors (Lipinski definition) is 2. The van der Waals surface area contributed by atoms with Gasteiger partial charge in [-0.15, -0.1) is 10.2 Å². The van der Waals surface area contributed by atoms with Crippen LogP contribution in [0.25, 0.3) is 11.3 Å². The monoisotopic (exact) mass is 384 g/mol. The molecule has 0 unspecified atom stereocenters. The molecule has 1 aliphatic carbocycles. The van der Waals surface area contributed by atoms with Crippen molar-refractivity contribution in [2.24, 2.45) is 0 Å². The first-order chi connectivity index (χ1) is 12.6. The van der Waals surface area contributed by atoms with Gasteiger partial charge in [-0.2, -0.15) is 13.2 Å². The number of hydrogen-bond acceptors (Lipinski definition) is 9. The molecule has 27 heavy (non-hydrogen) atoms. The number of carbonyl (C=O) groups is 1. The molecule has 1 aromatic heterocycles. The van der Waals surface area contributed by atoms with Gasteiger partial charge in [-0.05, 0) is 18.2 Å². The van der Waals surface area contributed by atoms with Crippen LogP contribution >= 0.6 is 0 Å². The number of nitrogens with zero attached hydrogens (tertiary/aromatic N) is 4. The fraction of sp³-hybridized carbons (Fsp3) is 0.0714. The van der Waals surface area contributed by atoms with Crippen LogP contribution in [0, 0.1) is 10.1 Å². The Labute approximate surface area is 145 Å². The average Bonchev–Trinajstić information content (AvgIpc) is 3.06. The fourth-order valence-corrected chi connectivity index (χ4v) is 2.13. The van der Waals surface area contributed by atoms with Crippen molar-refractivity contribution >= 4 is 17.1 Å². The minimum Gasteiger partial charge on any atom is -0.504 e. The highest BCUT2D eigenvalue weighted by molar-refractivity contribution is 6.09. The zero-order valence-electron chi connectivity index (χ0n) is 12.8. The minimum atomic E-state index is -4.69. The predicted octanol–water partition coefficient (Wildman–Crippen LogP) is 0.221. The van der Waals surface area contributed by atoms with Crippen molar-refractivity contribution in [3.8, 4) is 0 Å². The van der Waals surface area contributed by atoms with Crippen molar-refractivity contribution in [2.75, 3.05) is 0 Å². The maximum absolute atomic E-state index is 12.8. The number of aromatic nitrogens is 2.